The molecule has 1 atom stereocenters. The molecule has 1 aromatic carbocycles. The zero-order valence-electron chi connectivity index (χ0n) is 11.1. The number of nitrogens with two attached hydrogens (primary N) is 1. The molecule has 0 aliphatic rings. The number of hydrogen-bond acceptors (Lipinski definition) is 3. The number of alkyl halides is 1. The summed E-state index contributed by atoms with van der Waals surface area (Å²) in [6.45, 7) is 2.97. The van der Waals surface area contributed by atoms with Gasteiger partial charge < -0.3 is 15.2 Å². The molecule has 0 bridgehead atoms. The van der Waals surface area contributed by atoms with Crippen molar-refractivity contribution in [3.05, 3.63) is 29.8 Å². The van der Waals surface area contributed by atoms with E-state index in [2.05, 4.69) is 0 Å². The molecule has 1 unspecified atom stereocenters. The number of benzene rings is 1. The van der Waals surface area contributed by atoms with Crippen LogP contribution in [0.5, 0.6) is 5.75 Å². The predicted molar refractivity (Wildman–Crippen MR) is 70.6 cm³/mol. The predicted octanol–water partition coefficient (Wildman–Crippen LogP) is 2.64. The Morgan fingerprint density at radius 1 is 1.39 bits per heavy atom. The third-order valence-corrected chi connectivity index (χ3v) is 2.81. The summed E-state index contributed by atoms with van der Waals surface area (Å²) in [7, 11) is 1.50. The van der Waals surface area contributed by atoms with Crippen molar-refractivity contribution in [2.24, 2.45) is 5.73 Å². The quantitative estimate of drug-likeness (QED) is 0.776. The molecule has 1 aromatic rings. The first-order chi connectivity index (χ1) is 8.66. The van der Waals surface area contributed by atoms with E-state index in [-0.39, 0.29) is 6.61 Å². The summed E-state index contributed by atoms with van der Waals surface area (Å²) in [5.41, 5.74) is 4.54. The molecule has 0 heterocycles. The minimum Gasteiger partial charge on any atom is -0.494 e. The van der Waals surface area contributed by atoms with Gasteiger partial charge in [-0.1, -0.05) is 12.1 Å². The highest BCUT2D eigenvalue weighted by Gasteiger charge is 2.31. The van der Waals surface area contributed by atoms with Gasteiger partial charge in [-0.05, 0) is 44.0 Å². The first kappa shape index (κ1) is 14.9. The molecule has 0 radical (unpaired) electrons. The van der Waals surface area contributed by atoms with Crippen LogP contribution in [0.4, 0.5) is 4.39 Å². The van der Waals surface area contributed by atoms with Gasteiger partial charge in [0.05, 0.1) is 13.2 Å². The van der Waals surface area contributed by atoms with E-state index >= 15 is 0 Å². The van der Waals surface area contributed by atoms with E-state index in [0.29, 0.717) is 37.3 Å². The van der Waals surface area contributed by atoms with Gasteiger partial charge in [-0.25, -0.2) is 4.39 Å². The summed E-state index contributed by atoms with van der Waals surface area (Å²) in [6.07, 6.45) is 0.978. The third-order valence-electron chi connectivity index (χ3n) is 2.81. The fraction of sp³-hybridized carbons (Fsp3) is 0.571. The van der Waals surface area contributed by atoms with Crippen molar-refractivity contribution in [3.63, 3.8) is 0 Å². The average molecular weight is 255 g/mol. The monoisotopic (exact) mass is 255 g/mol. The van der Waals surface area contributed by atoms with E-state index in [0.717, 1.165) is 0 Å². The lowest BCUT2D eigenvalue weighted by atomic mass is 9.91. The number of hydrogen-bond donors (Lipinski definition) is 1. The molecule has 4 heteroatoms. The van der Waals surface area contributed by atoms with E-state index in [9.17, 15) is 4.39 Å². The Kier molecular flexibility index (Phi) is 6.09. The highest BCUT2D eigenvalue weighted by atomic mass is 19.1. The highest BCUT2D eigenvalue weighted by Crippen LogP contribution is 2.33. The lowest BCUT2D eigenvalue weighted by molar-refractivity contribution is 0.0302. The molecule has 3 nitrogen and oxygen atoms in total. The normalized spacial score (nSPS) is 14.2. The van der Waals surface area contributed by atoms with Crippen LogP contribution in [-0.4, -0.2) is 26.9 Å². The molecule has 18 heavy (non-hydrogen) atoms. The lowest BCUT2D eigenvalue weighted by Gasteiger charge is -2.25. The van der Waals surface area contributed by atoms with Gasteiger partial charge >= 0.3 is 0 Å². The zero-order valence-corrected chi connectivity index (χ0v) is 11.1. The first-order valence-corrected chi connectivity index (χ1v) is 6.27. The van der Waals surface area contributed by atoms with E-state index in [1.807, 2.05) is 13.0 Å². The average Bonchev–Trinajstić information content (AvgIpc) is 2.37. The largest absolute Gasteiger partial charge is 0.494 e. The van der Waals surface area contributed by atoms with Crippen molar-refractivity contribution in [2.45, 2.75) is 25.4 Å². The molecule has 0 aliphatic carbocycles. The molecule has 0 aromatic heterocycles. The summed E-state index contributed by atoms with van der Waals surface area (Å²) in [5, 5.41) is 0. The molecule has 0 saturated carbocycles. The summed E-state index contributed by atoms with van der Waals surface area (Å²) in [4.78, 5) is 0. The van der Waals surface area contributed by atoms with Crippen LogP contribution >= 0.6 is 0 Å². The van der Waals surface area contributed by atoms with Crippen molar-refractivity contribution in [3.8, 4) is 5.75 Å². The van der Waals surface area contributed by atoms with E-state index in [1.54, 1.807) is 18.2 Å². The maximum absolute atomic E-state index is 14.9. The summed E-state index contributed by atoms with van der Waals surface area (Å²) >= 11 is 0. The highest BCUT2D eigenvalue weighted by molar-refractivity contribution is 5.32. The smallest absolute Gasteiger partial charge is 0.159 e. The Morgan fingerprint density at radius 3 is 2.78 bits per heavy atom. The van der Waals surface area contributed by atoms with Gasteiger partial charge in [-0.2, -0.15) is 0 Å². The van der Waals surface area contributed by atoms with Gasteiger partial charge in [-0.3, -0.25) is 0 Å². The first-order valence-electron chi connectivity index (χ1n) is 6.27. The van der Waals surface area contributed by atoms with Gasteiger partial charge in [0, 0.05) is 7.11 Å². The Labute approximate surface area is 108 Å². The standard InChI is InChI=1S/C14H22FNO2/c1-3-18-13-7-4-6-12(10-13)14(15,11-17-2)8-5-9-16/h4,6-7,10H,3,5,8-9,11,16H2,1-2H3. The maximum Gasteiger partial charge on any atom is 0.159 e. The van der Waals surface area contributed by atoms with Crippen LogP contribution in [-0.2, 0) is 10.4 Å². The summed E-state index contributed by atoms with van der Waals surface area (Å²) in [5.74, 6) is 0.681. The van der Waals surface area contributed by atoms with Crippen LogP contribution in [0.2, 0.25) is 0 Å². The molecule has 0 amide bonds. The lowest BCUT2D eigenvalue weighted by Crippen LogP contribution is -2.27. The minimum atomic E-state index is -1.50. The van der Waals surface area contributed by atoms with Gasteiger partial charge in [0.1, 0.15) is 5.75 Å². The van der Waals surface area contributed by atoms with Crippen LogP contribution in [0.15, 0.2) is 24.3 Å². The number of halogens is 1. The Balaban J connectivity index is 2.92. The molecule has 0 fully saturated rings. The van der Waals surface area contributed by atoms with Crippen molar-refractivity contribution >= 4 is 0 Å². The van der Waals surface area contributed by atoms with Gasteiger partial charge in [0.15, 0.2) is 5.67 Å². The van der Waals surface area contributed by atoms with E-state index < -0.39 is 5.67 Å². The van der Waals surface area contributed by atoms with Crippen molar-refractivity contribution < 1.29 is 13.9 Å². The second-order valence-corrected chi connectivity index (χ2v) is 4.25. The summed E-state index contributed by atoms with van der Waals surface area (Å²) < 4.78 is 25.3. The van der Waals surface area contributed by atoms with Gasteiger partial charge in [-0.15, -0.1) is 0 Å². The molecule has 0 saturated heterocycles. The number of ether oxygens (including phenoxy) is 2. The molecule has 0 spiro atoms. The van der Waals surface area contributed by atoms with Gasteiger partial charge in [0.2, 0.25) is 0 Å². The van der Waals surface area contributed by atoms with Crippen molar-refractivity contribution in [1.29, 1.82) is 0 Å². The topological polar surface area (TPSA) is 44.5 Å². The van der Waals surface area contributed by atoms with Crippen LogP contribution < -0.4 is 10.5 Å². The Hall–Kier alpha value is -1.13. The second-order valence-electron chi connectivity index (χ2n) is 4.25. The fourth-order valence-corrected chi connectivity index (χ4v) is 1.94. The molecule has 0 aliphatic heterocycles. The van der Waals surface area contributed by atoms with Crippen molar-refractivity contribution in [2.75, 3.05) is 26.9 Å². The molecular formula is C14H22FNO2. The molecular weight excluding hydrogens is 233 g/mol. The molecule has 2 N–H and O–H groups in total. The molecule has 1 rings (SSSR count). The molecule has 102 valence electrons. The minimum absolute atomic E-state index is 0.0303. The summed E-state index contributed by atoms with van der Waals surface area (Å²) in [6, 6.07) is 7.12. The van der Waals surface area contributed by atoms with E-state index in [1.165, 1.54) is 7.11 Å². The Bertz CT molecular complexity index is 359. The van der Waals surface area contributed by atoms with Crippen LogP contribution in [0.3, 0.4) is 0 Å². The SMILES string of the molecule is CCOc1cccc(C(F)(CCCN)COC)c1. The van der Waals surface area contributed by atoms with Crippen LogP contribution in [0.25, 0.3) is 0 Å². The third kappa shape index (κ3) is 3.96. The van der Waals surface area contributed by atoms with Crippen LogP contribution in [0, 0.1) is 0 Å². The number of methoxy groups -OCH3 is 1. The van der Waals surface area contributed by atoms with Gasteiger partial charge in [0.25, 0.3) is 0 Å². The fourth-order valence-electron chi connectivity index (χ4n) is 1.94. The zero-order chi connectivity index (χ0) is 13.4. The van der Waals surface area contributed by atoms with Crippen LogP contribution in [0.1, 0.15) is 25.3 Å². The Morgan fingerprint density at radius 2 is 2.17 bits per heavy atom. The van der Waals surface area contributed by atoms with Crippen molar-refractivity contribution in [1.82, 2.24) is 0 Å². The number of rotatable bonds is 8. The second kappa shape index (κ2) is 7.34. The van der Waals surface area contributed by atoms with E-state index in [4.69, 9.17) is 15.2 Å². The maximum atomic E-state index is 14.9.